The first-order valence-corrected chi connectivity index (χ1v) is 4.94. The van der Waals surface area contributed by atoms with Gasteiger partial charge in [-0.05, 0) is 12.1 Å². The van der Waals surface area contributed by atoms with Crippen LogP contribution in [0.4, 0.5) is 14.5 Å². The summed E-state index contributed by atoms with van der Waals surface area (Å²) in [4.78, 5) is 9.28. The molecule has 4 nitrogen and oxygen atoms in total. The Morgan fingerprint density at radius 1 is 1.00 bits per heavy atom. The van der Waals surface area contributed by atoms with Gasteiger partial charge in [-0.3, -0.25) is 10.1 Å². The molecule has 0 amide bonds. The third-order valence-corrected chi connectivity index (χ3v) is 2.15. The van der Waals surface area contributed by atoms with Crippen molar-refractivity contribution in [3.8, 4) is 11.5 Å². The Balaban J connectivity index is 2.34. The van der Waals surface area contributed by atoms with Crippen molar-refractivity contribution in [3.63, 3.8) is 0 Å². The lowest BCUT2D eigenvalue weighted by Gasteiger charge is -2.05. The number of rotatable bonds is 3. The van der Waals surface area contributed by atoms with Crippen LogP contribution < -0.4 is 4.74 Å². The molecule has 0 spiro atoms. The van der Waals surface area contributed by atoms with Gasteiger partial charge in [0.15, 0.2) is 0 Å². The van der Waals surface area contributed by atoms with E-state index >= 15 is 0 Å². The second kappa shape index (κ2) is 4.79. The number of benzene rings is 2. The molecule has 0 unspecified atom stereocenters. The third kappa shape index (κ3) is 2.42. The fourth-order valence-corrected chi connectivity index (χ4v) is 1.40. The molecule has 0 fully saturated rings. The third-order valence-electron chi connectivity index (χ3n) is 2.15. The van der Waals surface area contributed by atoms with E-state index in [1.807, 2.05) is 0 Å². The number of ether oxygens (including phenoxy) is 1. The summed E-state index contributed by atoms with van der Waals surface area (Å²) in [6, 6.07) is 9.86. The minimum absolute atomic E-state index is 0.137. The van der Waals surface area contributed by atoms with Gasteiger partial charge in [-0.25, -0.2) is 0 Å². The molecule has 0 bridgehead atoms. The summed E-state index contributed by atoms with van der Waals surface area (Å²) in [7, 11) is 0. The van der Waals surface area contributed by atoms with Crippen LogP contribution in [0.3, 0.4) is 0 Å². The average molecular weight is 251 g/mol. The van der Waals surface area contributed by atoms with E-state index in [0.29, 0.717) is 5.75 Å². The Morgan fingerprint density at radius 2 is 1.56 bits per heavy atom. The number of para-hydroxylation sites is 1. The van der Waals surface area contributed by atoms with E-state index in [2.05, 4.69) is 0 Å². The number of nitro benzene ring substituents is 1. The number of hydrogen-bond acceptors (Lipinski definition) is 3. The average Bonchev–Trinajstić information content (AvgIpc) is 2.28. The van der Waals surface area contributed by atoms with Crippen LogP contribution in [0.5, 0.6) is 11.5 Å². The fourth-order valence-electron chi connectivity index (χ4n) is 1.40. The van der Waals surface area contributed by atoms with Crippen LogP contribution in [-0.4, -0.2) is 4.92 Å². The van der Waals surface area contributed by atoms with Crippen LogP contribution in [0.25, 0.3) is 0 Å². The van der Waals surface area contributed by atoms with Crippen molar-refractivity contribution in [1.29, 1.82) is 0 Å². The molecular weight excluding hydrogens is 244 g/mol. The van der Waals surface area contributed by atoms with E-state index in [9.17, 15) is 18.9 Å². The Hall–Kier alpha value is -2.50. The molecule has 92 valence electrons. The van der Waals surface area contributed by atoms with E-state index in [-0.39, 0.29) is 5.75 Å². The molecule has 2 rings (SSSR count). The minimum Gasteiger partial charge on any atom is -0.457 e. The Morgan fingerprint density at radius 3 is 2.06 bits per heavy atom. The van der Waals surface area contributed by atoms with Crippen LogP contribution in [0, 0.1) is 21.7 Å². The topological polar surface area (TPSA) is 52.4 Å². The lowest BCUT2D eigenvalue weighted by atomic mass is 10.2. The zero-order chi connectivity index (χ0) is 13.1. The molecule has 0 aliphatic carbocycles. The monoisotopic (exact) mass is 251 g/mol. The zero-order valence-electron chi connectivity index (χ0n) is 8.97. The molecule has 0 aliphatic heterocycles. The molecule has 0 saturated heterocycles. The van der Waals surface area contributed by atoms with Crippen LogP contribution in [0.2, 0.25) is 0 Å². The lowest BCUT2D eigenvalue weighted by molar-refractivity contribution is -0.390. The first-order chi connectivity index (χ1) is 8.58. The van der Waals surface area contributed by atoms with Crippen LogP contribution >= 0.6 is 0 Å². The van der Waals surface area contributed by atoms with Crippen LogP contribution in [0.1, 0.15) is 0 Å². The smallest absolute Gasteiger partial charge is 0.340 e. The van der Waals surface area contributed by atoms with E-state index in [4.69, 9.17) is 4.74 Å². The Labute approximate surface area is 101 Å². The minimum atomic E-state index is -1.27. The Kier molecular flexibility index (Phi) is 3.18. The van der Waals surface area contributed by atoms with Crippen molar-refractivity contribution < 1.29 is 18.4 Å². The number of halogens is 2. The molecule has 6 heteroatoms. The van der Waals surface area contributed by atoms with Gasteiger partial charge in [0.05, 0.1) is 4.92 Å². The van der Waals surface area contributed by atoms with Gasteiger partial charge in [0, 0.05) is 12.1 Å². The van der Waals surface area contributed by atoms with E-state index < -0.39 is 22.2 Å². The van der Waals surface area contributed by atoms with Crippen molar-refractivity contribution in [2.75, 3.05) is 0 Å². The Bertz CT molecular complexity index is 564. The number of hydrogen-bond donors (Lipinski definition) is 0. The molecule has 2 aromatic carbocycles. The number of nitrogens with zero attached hydrogens (tertiary/aromatic N) is 1. The van der Waals surface area contributed by atoms with Gasteiger partial charge >= 0.3 is 5.69 Å². The molecule has 18 heavy (non-hydrogen) atoms. The highest BCUT2D eigenvalue weighted by Crippen LogP contribution is 2.29. The quantitative estimate of drug-likeness (QED) is 0.617. The predicted molar refractivity (Wildman–Crippen MR) is 59.5 cm³/mol. The van der Waals surface area contributed by atoms with Gasteiger partial charge in [-0.2, -0.15) is 8.78 Å². The summed E-state index contributed by atoms with van der Waals surface area (Å²) in [6.45, 7) is 0. The number of nitro groups is 1. The molecule has 0 radical (unpaired) electrons. The molecule has 0 atom stereocenters. The second-order valence-corrected chi connectivity index (χ2v) is 3.41. The first kappa shape index (κ1) is 12.0. The SMILES string of the molecule is O=[N+]([O-])c1c(F)cc(Oc2ccccc2)cc1F. The van der Waals surface area contributed by atoms with Gasteiger partial charge < -0.3 is 4.74 Å². The second-order valence-electron chi connectivity index (χ2n) is 3.41. The molecular formula is C12H7F2NO3. The van der Waals surface area contributed by atoms with Gasteiger partial charge in [-0.1, -0.05) is 18.2 Å². The maximum atomic E-state index is 13.3. The standard InChI is InChI=1S/C12H7F2NO3/c13-10-6-9(7-11(14)12(10)15(16)17)18-8-4-2-1-3-5-8/h1-7H. The fraction of sp³-hybridized carbons (Fsp3) is 0. The summed E-state index contributed by atoms with van der Waals surface area (Å²) >= 11 is 0. The lowest BCUT2D eigenvalue weighted by Crippen LogP contribution is -1.97. The van der Waals surface area contributed by atoms with Crippen LogP contribution in [0.15, 0.2) is 42.5 Å². The predicted octanol–water partition coefficient (Wildman–Crippen LogP) is 3.67. The summed E-state index contributed by atoms with van der Waals surface area (Å²) in [5, 5.41) is 10.4. The summed E-state index contributed by atoms with van der Waals surface area (Å²) in [5.74, 6) is -2.30. The first-order valence-electron chi connectivity index (χ1n) is 4.94. The molecule has 0 saturated carbocycles. The van der Waals surface area contributed by atoms with Crippen molar-refractivity contribution >= 4 is 5.69 Å². The normalized spacial score (nSPS) is 10.1. The van der Waals surface area contributed by atoms with Gasteiger partial charge in [-0.15, -0.1) is 0 Å². The largest absolute Gasteiger partial charge is 0.457 e. The van der Waals surface area contributed by atoms with Crippen molar-refractivity contribution in [2.24, 2.45) is 0 Å². The highest BCUT2D eigenvalue weighted by atomic mass is 19.1. The molecule has 0 heterocycles. The van der Waals surface area contributed by atoms with E-state index in [1.165, 1.54) is 0 Å². The highest BCUT2D eigenvalue weighted by Gasteiger charge is 2.22. The summed E-state index contributed by atoms with van der Waals surface area (Å²) in [5.41, 5.74) is -1.18. The van der Waals surface area contributed by atoms with Crippen molar-refractivity contribution in [2.45, 2.75) is 0 Å². The van der Waals surface area contributed by atoms with Gasteiger partial charge in [0.1, 0.15) is 11.5 Å². The van der Waals surface area contributed by atoms with Gasteiger partial charge in [0.2, 0.25) is 11.6 Å². The molecule has 0 N–H and O–H groups in total. The maximum Gasteiger partial charge on any atom is 0.340 e. The van der Waals surface area contributed by atoms with Crippen molar-refractivity contribution in [3.05, 3.63) is 64.2 Å². The zero-order valence-corrected chi connectivity index (χ0v) is 8.97. The van der Waals surface area contributed by atoms with Crippen LogP contribution in [-0.2, 0) is 0 Å². The summed E-state index contributed by atoms with van der Waals surface area (Å²) < 4.78 is 31.8. The molecule has 2 aromatic rings. The highest BCUT2D eigenvalue weighted by molar-refractivity contribution is 5.41. The maximum absolute atomic E-state index is 13.3. The van der Waals surface area contributed by atoms with E-state index in [1.54, 1.807) is 30.3 Å². The molecule has 0 aromatic heterocycles. The van der Waals surface area contributed by atoms with Crippen molar-refractivity contribution in [1.82, 2.24) is 0 Å². The van der Waals surface area contributed by atoms with E-state index in [0.717, 1.165) is 12.1 Å². The molecule has 0 aliphatic rings. The van der Waals surface area contributed by atoms with Gasteiger partial charge in [0.25, 0.3) is 0 Å². The summed E-state index contributed by atoms with van der Waals surface area (Å²) in [6.07, 6.45) is 0.